The van der Waals surface area contributed by atoms with Gasteiger partial charge in [-0.05, 0) is 18.8 Å². The van der Waals surface area contributed by atoms with Crippen LogP contribution in [-0.4, -0.2) is 28.7 Å². The second-order valence-corrected chi connectivity index (χ2v) is 5.04. The minimum absolute atomic E-state index is 0.0235. The van der Waals surface area contributed by atoms with Crippen LogP contribution in [-0.2, 0) is 4.79 Å². The average molecular weight is 282 g/mol. The molecule has 112 valence electrons. The Balaban J connectivity index is 2.54. The summed E-state index contributed by atoms with van der Waals surface area (Å²) in [4.78, 5) is 22.4. The molecule has 1 atom stereocenters. The number of carboxylic acids is 1. The van der Waals surface area contributed by atoms with Crippen LogP contribution in [0.2, 0.25) is 0 Å². The lowest BCUT2D eigenvalue weighted by molar-refractivity contribution is -0.137. The summed E-state index contributed by atoms with van der Waals surface area (Å²) >= 11 is 0. The first-order chi connectivity index (χ1) is 9.47. The van der Waals surface area contributed by atoms with Crippen molar-refractivity contribution in [3.8, 4) is 0 Å². The summed E-state index contributed by atoms with van der Waals surface area (Å²) in [5.41, 5.74) is 0.790. The third kappa shape index (κ3) is 4.68. The Labute approximate surface area is 118 Å². The number of nitrogens with one attached hydrogen (secondary N) is 1. The lowest BCUT2D eigenvalue weighted by Crippen LogP contribution is -2.28. The molecule has 2 N–H and O–H groups in total. The summed E-state index contributed by atoms with van der Waals surface area (Å²) in [7, 11) is 0. The van der Waals surface area contributed by atoms with Crippen molar-refractivity contribution in [2.45, 2.75) is 46.0 Å². The third-order valence-corrected chi connectivity index (χ3v) is 3.29. The van der Waals surface area contributed by atoms with Gasteiger partial charge >= 0.3 is 5.97 Å². The fourth-order valence-corrected chi connectivity index (χ4v) is 2.02. The van der Waals surface area contributed by atoms with E-state index in [9.17, 15) is 9.59 Å². The Bertz CT molecular complexity index is 452. The van der Waals surface area contributed by atoms with Crippen LogP contribution in [0.1, 0.15) is 62.2 Å². The fraction of sp³-hybridized carbons (Fsp3) is 0.643. The molecule has 0 spiro atoms. The summed E-state index contributed by atoms with van der Waals surface area (Å²) in [6.45, 7) is 6.20. The first kappa shape index (κ1) is 16.2. The van der Waals surface area contributed by atoms with Gasteiger partial charge in [-0.15, -0.1) is 0 Å². The van der Waals surface area contributed by atoms with Gasteiger partial charge in [-0.2, -0.15) is 0 Å². The minimum atomic E-state index is -0.873. The minimum Gasteiger partial charge on any atom is -0.481 e. The van der Waals surface area contributed by atoms with Crippen molar-refractivity contribution in [3.63, 3.8) is 0 Å². The van der Waals surface area contributed by atoms with Gasteiger partial charge < -0.3 is 14.9 Å². The van der Waals surface area contributed by atoms with E-state index >= 15 is 0 Å². The number of carboxylic acid groups (broad SMARTS) is 1. The van der Waals surface area contributed by atoms with Gasteiger partial charge in [0.25, 0.3) is 5.91 Å². The molecule has 1 amide bonds. The molecule has 6 heteroatoms. The molecular formula is C14H22N2O4. The average Bonchev–Trinajstić information content (AvgIpc) is 2.86. The van der Waals surface area contributed by atoms with Gasteiger partial charge in [0.2, 0.25) is 5.76 Å². The zero-order chi connectivity index (χ0) is 15.1. The van der Waals surface area contributed by atoms with Crippen molar-refractivity contribution >= 4 is 11.9 Å². The molecule has 1 heterocycles. The highest BCUT2D eigenvalue weighted by Crippen LogP contribution is 2.22. The van der Waals surface area contributed by atoms with E-state index in [0.29, 0.717) is 12.5 Å². The van der Waals surface area contributed by atoms with E-state index in [0.717, 1.165) is 18.5 Å². The molecule has 0 aromatic carbocycles. The van der Waals surface area contributed by atoms with Gasteiger partial charge in [-0.25, -0.2) is 0 Å². The number of aliphatic carboxylic acids is 1. The molecule has 1 unspecified atom stereocenters. The van der Waals surface area contributed by atoms with Gasteiger partial charge in [0.1, 0.15) is 0 Å². The number of hydrogen-bond acceptors (Lipinski definition) is 4. The number of carbonyl (C=O) groups excluding carboxylic acids is 1. The van der Waals surface area contributed by atoms with E-state index < -0.39 is 5.97 Å². The van der Waals surface area contributed by atoms with Gasteiger partial charge in [0.05, 0.1) is 5.69 Å². The fourth-order valence-electron chi connectivity index (χ4n) is 2.02. The number of carbonyl (C=O) groups is 2. The molecule has 20 heavy (non-hydrogen) atoms. The summed E-state index contributed by atoms with van der Waals surface area (Å²) in [6, 6.07) is 1.66. The quantitative estimate of drug-likeness (QED) is 0.763. The molecular weight excluding hydrogens is 260 g/mol. The van der Waals surface area contributed by atoms with Crippen LogP contribution < -0.4 is 5.32 Å². The van der Waals surface area contributed by atoms with E-state index in [2.05, 4.69) is 24.3 Å². The van der Waals surface area contributed by atoms with E-state index in [4.69, 9.17) is 9.63 Å². The van der Waals surface area contributed by atoms with Gasteiger partial charge in [0.15, 0.2) is 0 Å². The maximum Gasteiger partial charge on any atom is 0.303 e. The number of amides is 1. The highest BCUT2D eigenvalue weighted by Gasteiger charge is 2.18. The van der Waals surface area contributed by atoms with Crippen LogP contribution in [0.4, 0.5) is 0 Å². The van der Waals surface area contributed by atoms with E-state index in [1.165, 1.54) is 0 Å². The van der Waals surface area contributed by atoms with Crippen molar-refractivity contribution in [1.29, 1.82) is 0 Å². The predicted molar refractivity (Wildman–Crippen MR) is 73.6 cm³/mol. The van der Waals surface area contributed by atoms with Crippen molar-refractivity contribution in [2.75, 3.05) is 6.54 Å². The Morgan fingerprint density at radius 1 is 1.40 bits per heavy atom. The van der Waals surface area contributed by atoms with Crippen LogP contribution >= 0.6 is 0 Å². The molecule has 1 rings (SSSR count). The first-order valence-corrected chi connectivity index (χ1v) is 6.94. The summed E-state index contributed by atoms with van der Waals surface area (Å²) in [5, 5.41) is 15.2. The SMILES string of the molecule is CCC(CC)c1cc(C(=O)NCC(C)CC(=O)O)on1. The topological polar surface area (TPSA) is 92.4 Å². The molecule has 0 radical (unpaired) electrons. The van der Waals surface area contributed by atoms with Crippen molar-refractivity contribution in [1.82, 2.24) is 10.5 Å². The number of nitrogens with zero attached hydrogens (tertiary/aromatic N) is 1. The van der Waals surface area contributed by atoms with Crippen LogP contribution in [0.5, 0.6) is 0 Å². The smallest absolute Gasteiger partial charge is 0.303 e. The summed E-state index contributed by atoms with van der Waals surface area (Å²) < 4.78 is 5.05. The van der Waals surface area contributed by atoms with E-state index in [-0.39, 0.29) is 24.0 Å². The van der Waals surface area contributed by atoms with Crippen LogP contribution in [0, 0.1) is 5.92 Å². The van der Waals surface area contributed by atoms with E-state index in [1.54, 1.807) is 13.0 Å². The Morgan fingerprint density at radius 3 is 2.60 bits per heavy atom. The Hall–Kier alpha value is -1.85. The second kappa shape index (κ2) is 7.67. The normalized spacial score (nSPS) is 12.4. The molecule has 6 nitrogen and oxygen atoms in total. The number of aromatic nitrogens is 1. The zero-order valence-corrected chi connectivity index (χ0v) is 12.2. The molecule has 0 aliphatic rings. The summed E-state index contributed by atoms with van der Waals surface area (Å²) in [6.07, 6.45) is 1.91. The van der Waals surface area contributed by atoms with Crippen molar-refractivity contribution in [3.05, 3.63) is 17.5 Å². The zero-order valence-electron chi connectivity index (χ0n) is 12.2. The van der Waals surface area contributed by atoms with Crippen molar-refractivity contribution < 1.29 is 19.2 Å². The predicted octanol–water partition coefficient (Wildman–Crippen LogP) is 2.42. The molecule has 1 aromatic heterocycles. The Morgan fingerprint density at radius 2 is 2.05 bits per heavy atom. The third-order valence-electron chi connectivity index (χ3n) is 3.29. The largest absolute Gasteiger partial charge is 0.481 e. The molecule has 0 aliphatic heterocycles. The van der Waals surface area contributed by atoms with Crippen LogP contribution in [0.3, 0.4) is 0 Å². The van der Waals surface area contributed by atoms with E-state index in [1.807, 2.05) is 0 Å². The molecule has 0 saturated heterocycles. The lowest BCUT2D eigenvalue weighted by atomic mass is 9.99. The van der Waals surface area contributed by atoms with Crippen LogP contribution in [0.25, 0.3) is 0 Å². The standard InChI is InChI=1S/C14H22N2O4/c1-4-10(5-2)11-7-12(20-16-11)14(19)15-8-9(3)6-13(17)18/h7,9-10H,4-6,8H2,1-3H3,(H,15,19)(H,17,18). The number of hydrogen-bond donors (Lipinski definition) is 2. The highest BCUT2D eigenvalue weighted by atomic mass is 16.5. The van der Waals surface area contributed by atoms with Gasteiger partial charge in [0, 0.05) is 24.9 Å². The molecule has 0 bridgehead atoms. The van der Waals surface area contributed by atoms with Gasteiger partial charge in [-0.3, -0.25) is 9.59 Å². The second-order valence-electron chi connectivity index (χ2n) is 5.04. The van der Waals surface area contributed by atoms with Gasteiger partial charge in [-0.1, -0.05) is 25.9 Å². The molecule has 0 aliphatic carbocycles. The maximum atomic E-state index is 11.9. The highest BCUT2D eigenvalue weighted by molar-refractivity contribution is 5.91. The first-order valence-electron chi connectivity index (χ1n) is 6.94. The monoisotopic (exact) mass is 282 g/mol. The number of rotatable bonds is 8. The lowest BCUT2D eigenvalue weighted by Gasteiger charge is -2.08. The molecule has 1 aromatic rings. The maximum absolute atomic E-state index is 11.9. The summed E-state index contributed by atoms with van der Waals surface area (Å²) in [5.74, 6) is -0.882. The van der Waals surface area contributed by atoms with Crippen molar-refractivity contribution in [2.24, 2.45) is 5.92 Å². The molecule has 0 saturated carbocycles. The van der Waals surface area contributed by atoms with Crippen LogP contribution in [0.15, 0.2) is 10.6 Å². The Kier molecular flexibility index (Phi) is 6.21. The molecule has 0 fully saturated rings.